The average molecular weight is 318 g/mol. The highest BCUT2D eigenvalue weighted by atomic mass is 19.4. The molecule has 1 atom stereocenters. The van der Waals surface area contributed by atoms with Crippen molar-refractivity contribution in [2.75, 3.05) is 19.6 Å². The van der Waals surface area contributed by atoms with Gasteiger partial charge in [0.1, 0.15) is 12.4 Å². The van der Waals surface area contributed by atoms with Crippen molar-refractivity contribution >= 4 is 5.91 Å². The maximum atomic E-state index is 13.1. The largest absolute Gasteiger partial charge is 0.405 e. The first-order chi connectivity index (χ1) is 10.3. The monoisotopic (exact) mass is 318 g/mol. The second-order valence-corrected chi connectivity index (χ2v) is 5.54. The fourth-order valence-corrected chi connectivity index (χ4v) is 2.64. The summed E-state index contributed by atoms with van der Waals surface area (Å²) >= 11 is 0. The number of nitrogens with zero attached hydrogens (tertiary/aromatic N) is 1. The molecule has 0 radical (unpaired) electrons. The van der Waals surface area contributed by atoms with Gasteiger partial charge < -0.3 is 5.32 Å². The standard InChI is InChI=1S/C15H18F4N2O/c16-13-5-1-3-11(7-13)8-21-6-2-4-12(9-21)14(22)20-10-15(17,18)19/h1,3,5,7,12H,2,4,6,8-10H2,(H,20,22)/t12-/m0/s1. The van der Waals surface area contributed by atoms with Crippen molar-refractivity contribution in [1.82, 2.24) is 10.2 Å². The highest BCUT2D eigenvalue weighted by Crippen LogP contribution is 2.20. The number of carbonyl (C=O) groups is 1. The van der Waals surface area contributed by atoms with Gasteiger partial charge in [0.15, 0.2) is 0 Å². The molecule has 1 aromatic rings. The van der Waals surface area contributed by atoms with Gasteiger partial charge in [-0.25, -0.2) is 4.39 Å². The molecule has 1 N–H and O–H groups in total. The summed E-state index contributed by atoms with van der Waals surface area (Å²) in [5.74, 6) is -1.35. The molecular weight excluding hydrogens is 300 g/mol. The molecule has 1 fully saturated rings. The first-order valence-electron chi connectivity index (χ1n) is 7.15. The van der Waals surface area contributed by atoms with Crippen molar-refractivity contribution < 1.29 is 22.4 Å². The number of likely N-dealkylation sites (tertiary alicyclic amines) is 1. The van der Waals surface area contributed by atoms with Crippen LogP contribution in [0, 0.1) is 11.7 Å². The molecule has 0 aromatic heterocycles. The molecule has 122 valence electrons. The zero-order chi connectivity index (χ0) is 16.2. The van der Waals surface area contributed by atoms with Crippen molar-refractivity contribution in [3.05, 3.63) is 35.6 Å². The number of halogens is 4. The maximum absolute atomic E-state index is 13.1. The van der Waals surface area contributed by atoms with Crippen LogP contribution in [0.1, 0.15) is 18.4 Å². The van der Waals surface area contributed by atoms with Gasteiger partial charge in [0.25, 0.3) is 0 Å². The van der Waals surface area contributed by atoms with Crippen LogP contribution >= 0.6 is 0 Å². The van der Waals surface area contributed by atoms with Gasteiger partial charge in [-0.05, 0) is 37.1 Å². The summed E-state index contributed by atoms with van der Waals surface area (Å²) in [4.78, 5) is 13.8. The van der Waals surface area contributed by atoms with E-state index in [0.29, 0.717) is 19.5 Å². The number of piperidine rings is 1. The van der Waals surface area contributed by atoms with Crippen molar-refractivity contribution in [3.63, 3.8) is 0 Å². The van der Waals surface area contributed by atoms with Gasteiger partial charge in [-0.3, -0.25) is 9.69 Å². The number of hydrogen-bond acceptors (Lipinski definition) is 2. The van der Waals surface area contributed by atoms with E-state index in [1.165, 1.54) is 12.1 Å². The van der Waals surface area contributed by atoms with Gasteiger partial charge in [0.05, 0.1) is 5.92 Å². The summed E-state index contributed by atoms with van der Waals surface area (Å²) in [5, 5.41) is 1.94. The Morgan fingerprint density at radius 3 is 2.82 bits per heavy atom. The van der Waals surface area contributed by atoms with E-state index >= 15 is 0 Å². The van der Waals surface area contributed by atoms with Crippen LogP contribution in [0.2, 0.25) is 0 Å². The molecule has 1 heterocycles. The van der Waals surface area contributed by atoms with Crippen LogP contribution in [0.3, 0.4) is 0 Å². The quantitative estimate of drug-likeness (QED) is 0.866. The van der Waals surface area contributed by atoms with E-state index in [1.54, 1.807) is 12.1 Å². The minimum Gasteiger partial charge on any atom is -0.347 e. The van der Waals surface area contributed by atoms with E-state index < -0.39 is 24.5 Å². The van der Waals surface area contributed by atoms with E-state index in [1.807, 2.05) is 10.2 Å². The maximum Gasteiger partial charge on any atom is 0.405 e. The Morgan fingerprint density at radius 1 is 1.36 bits per heavy atom. The lowest BCUT2D eigenvalue weighted by Gasteiger charge is -2.32. The molecule has 1 aliphatic rings. The molecule has 0 unspecified atom stereocenters. The lowest BCUT2D eigenvalue weighted by atomic mass is 9.96. The van der Waals surface area contributed by atoms with Crippen molar-refractivity contribution in [2.24, 2.45) is 5.92 Å². The smallest absolute Gasteiger partial charge is 0.347 e. The van der Waals surface area contributed by atoms with Crippen LogP contribution in [-0.4, -0.2) is 36.6 Å². The summed E-state index contributed by atoms with van der Waals surface area (Å²) in [5.41, 5.74) is 0.788. The Labute approximate surface area is 126 Å². The van der Waals surface area contributed by atoms with Crippen molar-refractivity contribution in [2.45, 2.75) is 25.6 Å². The van der Waals surface area contributed by atoms with Crippen LogP contribution in [0.15, 0.2) is 24.3 Å². The Morgan fingerprint density at radius 2 is 2.14 bits per heavy atom. The fraction of sp³-hybridized carbons (Fsp3) is 0.533. The van der Waals surface area contributed by atoms with Crippen LogP contribution in [0.5, 0.6) is 0 Å². The third kappa shape index (κ3) is 5.29. The second-order valence-electron chi connectivity index (χ2n) is 5.54. The molecule has 1 saturated heterocycles. The van der Waals surface area contributed by atoms with Gasteiger partial charge in [0, 0.05) is 13.1 Å². The molecule has 0 aliphatic carbocycles. The third-order valence-corrected chi connectivity index (χ3v) is 3.63. The number of carbonyl (C=O) groups excluding carboxylic acids is 1. The van der Waals surface area contributed by atoms with Crippen molar-refractivity contribution in [3.8, 4) is 0 Å². The molecule has 0 bridgehead atoms. The van der Waals surface area contributed by atoms with E-state index in [0.717, 1.165) is 18.5 Å². The topological polar surface area (TPSA) is 32.3 Å². The lowest BCUT2D eigenvalue weighted by Crippen LogP contribution is -2.44. The molecular formula is C15H18F4N2O. The van der Waals surface area contributed by atoms with Crippen LogP contribution in [-0.2, 0) is 11.3 Å². The summed E-state index contributed by atoms with van der Waals surface area (Å²) in [7, 11) is 0. The molecule has 1 aliphatic heterocycles. The molecule has 1 aromatic carbocycles. The predicted octanol–water partition coefficient (Wildman–Crippen LogP) is 2.72. The molecule has 0 spiro atoms. The van der Waals surface area contributed by atoms with Crippen LogP contribution in [0.25, 0.3) is 0 Å². The number of alkyl halides is 3. The SMILES string of the molecule is O=C(NCC(F)(F)F)[C@H]1CCCN(Cc2cccc(F)c2)C1. The minimum absolute atomic E-state index is 0.325. The Kier molecular flexibility index (Phi) is 5.39. The van der Waals surface area contributed by atoms with Crippen LogP contribution in [0.4, 0.5) is 17.6 Å². The molecule has 3 nitrogen and oxygen atoms in total. The number of hydrogen-bond donors (Lipinski definition) is 1. The molecule has 2 rings (SSSR count). The van der Waals surface area contributed by atoms with E-state index in [4.69, 9.17) is 0 Å². The summed E-state index contributed by atoms with van der Waals surface area (Å²) in [6, 6.07) is 6.18. The number of benzene rings is 1. The zero-order valence-corrected chi connectivity index (χ0v) is 12.0. The highest BCUT2D eigenvalue weighted by molar-refractivity contribution is 5.79. The number of amides is 1. The molecule has 0 saturated carbocycles. The van der Waals surface area contributed by atoms with E-state index in [9.17, 15) is 22.4 Å². The Bertz CT molecular complexity index is 519. The first-order valence-corrected chi connectivity index (χ1v) is 7.15. The Hall–Kier alpha value is -1.63. The number of rotatable bonds is 4. The minimum atomic E-state index is -4.40. The molecule has 1 amide bonds. The fourth-order valence-electron chi connectivity index (χ4n) is 2.64. The molecule has 22 heavy (non-hydrogen) atoms. The first kappa shape index (κ1) is 16.7. The van der Waals surface area contributed by atoms with E-state index in [-0.39, 0.29) is 5.82 Å². The van der Waals surface area contributed by atoms with Gasteiger partial charge in [-0.1, -0.05) is 12.1 Å². The highest BCUT2D eigenvalue weighted by Gasteiger charge is 2.31. The van der Waals surface area contributed by atoms with Gasteiger partial charge in [-0.15, -0.1) is 0 Å². The molecule has 7 heteroatoms. The van der Waals surface area contributed by atoms with Gasteiger partial charge in [-0.2, -0.15) is 13.2 Å². The predicted molar refractivity (Wildman–Crippen MR) is 73.5 cm³/mol. The summed E-state index contributed by atoms with van der Waals surface area (Å²) < 4.78 is 49.5. The lowest BCUT2D eigenvalue weighted by molar-refractivity contribution is -0.141. The number of nitrogens with one attached hydrogen (secondary N) is 1. The zero-order valence-electron chi connectivity index (χ0n) is 12.0. The van der Waals surface area contributed by atoms with E-state index in [2.05, 4.69) is 0 Å². The normalized spacial score (nSPS) is 19.9. The van der Waals surface area contributed by atoms with Gasteiger partial charge >= 0.3 is 6.18 Å². The average Bonchev–Trinajstić information content (AvgIpc) is 2.44. The van der Waals surface area contributed by atoms with Crippen LogP contribution < -0.4 is 5.32 Å². The summed E-state index contributed by atoms with van der Waals surface area (Å²) in [6.45, 7) is 0.326. The van der Waals surface area contributed by atoms with Crippen molar-refractivity contribution in [1.29, 1.82) is 0 Å². The Balaban J connectivity index is 1.87. The second kappa shape index (κ2) is 7.09. The third-order valence-electron chi connectivity index (χ3n) is 3.63. The summed E-state index contributed by atoms with van der Waals surface area (Å²) in [6.07, 6.45) is -3.09. The van der Waals surface area contributed by atoms with Gasteiger partial charge in [0.2, 0.25) is 5.91 Å².